The van der Waals surface area contributed by atoms with E-state index in [0.717, 1.165) is 22.4 Å². The van der Waals surface area contributed by atoms with Crippen LogP contribution in [-0.4, -0.2) is 19.0 Å². The first-order valence-electron chi connectivity index (χ1n) is 7.84. The predicted octanol–water partition coefficient (Wildman–Crippen LogP) is 3.29. The summed E-state index contributed by atoms with van der Waals surface area (Å²) in [6.07, 6.45) is 0. The second-order valence-corrected chi connectivity index (χ2v) is 5.86. The van der Waals surface area contributed by atoms with Crippen molar-refractivity contribution in [2.24, 2.45) is 0 Å². The van der Waals surface area contributed by atoms with Gasteiger partial charge in [0.25, 0.3) is 5.91 Å². The fourth-order valence-corrected chi connectivity index (χ4v) is 2.64. The maximum absolute atomic E-state index is 12.1. The van der Waals surface area contributed by atoms with Crippen LogP contribution in [0.25, 0.3) is 0 Å². The molecule has 0 bridgehead atoms. The maximum Gasteiger partial charge on any atom is 0.319 e. The summed E-state index contributed by atoms with van der Waals surface area (Å²) in [5.74, 6) is -0.127. The van der Waals surface area contributed by atoms with E-state index < -0.39 is 0 Å². The van der Waals surface area contributed by atoms with Crippen LogP contribution in [0.1, 0.15) is 32.6 Å². The number of amides is 3. The molecule has 0 heterocycles. The van der Waals surface area contributed by atoms with Crippen LogP contribution in [0.2, 0.25) is 0 Å². The normalized spacial score (nSPS) is 10.2. The van der Waals surface area contributed by atoms with Crippen LogP contribution in [0, 0.1) is 20.8 Å². The topological polar surface area (TPSA) is 70.2 Å². The van der Waals surface area contributed by atoms with Crippen LogP contribution in [-0.2, 0) is 6.54 Å². The van der Waals surface area contributed by atoms with Crippen molar-refractivity contribution < 1.29 is 9.59 Å². The van der Waals surface area contributed by atoms with Gasteiger partial charge in [0.2, 0.25) is 0 Å². The summed E-state index contributed by atoms with van der Waals surface area (Å²) in [6.45, 7) is 6.39. The van der Waals surface area contributed by atoms with Gasteiger partial charge >= 0.3 is 6.03 Å². The van der Waals surface area contributed by atoms with Crippen LogP contribution in [0.3, 0.4) is 0 Å². The highest BCUT2D eigenvalue weighted by molar-refractivity contribution is 5.94. The van der Waals surface area contributed by atoms with Crippen LogP contribution in [0.5, 0.6) is 0 Å². The molecule has 5 heteroatoms. The zero-order valence-electron chi connectivity index (χ0n) is 14.5. The van der Waals surface area contributed by atoms with Gasteiger partial charge in [0, 0.05) is 24.8 Å². The van der Waals surface area contributed by atoms with Crippen LogP contribution < -0.4 is 16.0 Å². The van der Waals surface area contributed by atoms with E-state index in [1.165, 1.54) is 5.56 Å². The third-order valence-corrected chi connectivity index (χ3v) is 3.81. The Morgan fingerprint density at radius 2 is 1.54 bits per heavy atom. The van der Waals surface area contributed by atoms with E-state index in [4.69, 9.17) is 0 Å². The summed E-state index contributed by atoms with van der Waals surface area (Å²) in [5, 5.41) is 8.30. The molecular formula is C19H23N3O2. The Morgan fingerprint density at radius 1 is 0.958 bits per heavy atom. The molecule has 3 N–H and O–H groups in total. The Kier molecular flexibility index (Phi) is 5.58. The van der Waals surface area contributed by atoms with Gasteiger partial charge in [-0.05, 0) is 49.6 Å². The van der Waals surface area contributed by atoms with E-state index in [0.29, 0.717) is 12.1 Å². The molecule has 0 aliphatic carbocycles. The summed E-state index contributed by atoms with van der Waals surface area (Å²) >= 11 is 0. The van der Waals surface area contributed by atoms with Crippen molar-refractivity contribution in [2.75, 3.05) is 12.4 Å². The minimum atomic E-state index is -0.250. The molecule has 0 fully saturated rings. The van der Waals surface area contributed by atoms with Crippen molar-refractivity contribution >= 4 is 17.6 Å². The molecule has 126 valence electrons. The number of rotatable bonds is 4. The summed E-state index contributed by atoms with van der Waals surface area (Å²) in [7, 11) is 1.59. The Labute approximate surface area is 142 Å². The van der Waals surface area contributed by atoms with Crippen LogP contribution in [0.4, 0.5) is 10.5 Å². The number of benzene rings is 2. The Morgan fingerprint density at radius 3 is 2.08 bits per heavy atom. The number of anilines is 1. The Balaban J connectivity index is 1.95. The molecule has 0 aromatic heterocycles. The molecule has 0 aliphatic rings. The van der Waals surface area contributed by atoms with Gasteiger partial charge in [-0.1, -0.05) is 29.8 Å². The van der Waals surface area contributed by atoms with Gasteiger partial charge in [0.05, 0.1) is 0 Å². The average Bonchev–Trinajstić information content (AvgIpc) is 2.56. The number of carbonyl (C=O) groups excluding carboxylic acids is 2. The molecular weight excluding hydrogens is 302 g/mol. The maximum atomic E-state index is 12.1. The zero-order chi connectivity index (χ0) is 17.7. The van der Waals surface area contributed by atoms with Crippen LogP contribution >= 0.6 is 0 Å². The van der Waals surface area contributed by atoms with Crippen molar-refractivity contribution in [3.05, 3.63) is 64.2 Å². The highest BCUT2D eigenvalue weighted by atomic mass is 16.2. The predicted molar refractivity (Wildman–Crippen MR) is 96.3 cm³/mol. The van der Waals surface area contributed by atoms with E-state index in [2.05, 4.69) is 16.0 Å². The van der Waals surface area contributed by atoms with Crippen molar-refractivity contribution in [3.63, 3.8) is 0 Å². The summed E-state index contributed by atoms with van der Waals surface area (Å²) < 4.78 is 0. The van der Waals surface area contributed by atoms with Gasteiger partial charge < -0.3 is 16.0 Å². The molecule has 24 heavy (non-hydrogen) atoms. The second kappa shape index (κ2) is 7.64. The first kappa shape index (κ1) is 17.5. The fourth-order valence-electron chi connectivity index (χ4n) is 2.64. The number of nitrogens with one attached hydrogen (secondary N) is 3. The van der Waals surface area contributed by atoms with Crippen molar-refractivity contribution in [1.82, 2.24) is 10.6 Å². The standard InChI is InChI=1S/C19H23N3O2/c1-12-9-13(2)17(14(3)10-12)22-19(24)21-11-15-5-7-16(8-6-15)18(23)20-4/h5-10H,11H2,1-4H3,(H,20,23)(H2,21,22,24). The molecule has 2 aromatic carbocycles. The van der Waals surface area contributed by atoms with E-state index >= 15 is 0 Å². The van der Waals surface area contributed by atoms with E-state index in [-0.39, 0.29) is 11.9 Å². The minimum absolute atomic E-state index is 0.127. The lowest BCUT2D eigenvalue weighted by Gasteiger charge is -2.13. The zero-order valence-corrected chi connectivity index (χ0v) is 14.5. The highest BCUT2D eigenvalue weighted by Crippen LogP contribution is 2.21. The van der Waals surface area contributed by atoms with Crippen molar-refractivity contribution in [1.29, 1.82) is 0 Å². The van der Waals surface area contributed by atoms with Gasteiger partial charge in [0.1, 0.15) is 0 Å². The number of carbonyl (C=O) groups is 2. The second-order valence-electron chi connectivity index (χ2n) is 5.86. The molecule has 0 unspecified atom stereocenters. The van der Waals surface area contributed by atoms with Gasteiger partial charge in [-0.2, -0.15) is 0 Å². The lowest BCUT2D eigenvalue weighted by Crippen LogP contribution is -2.28. The van der Waals surface area contributed by atoms with E-state index in [9.17, 15) is 9.59 Å². The minimum Gasteiger partial charge on any atom is -0.355 e. The quantitative estimate of drug-likeness (QED) is 0.807. The molecule has 0 spiro atoms. The molecule has 0 radical (unpaired) electrons. The smallest absolute Gasteiger partial charge is 0.319 e. The Hall–Kier alpha value is -2.82. The van der Waals surface area contributed by atoms with Crippen molar-refractivity contribution in [3.8, 4) is 0 Å². The highest BCUT2D eigenvalue weighted by Gasteiger charge is 2.08. The van der Waals surface area contributed by atoms with Gasteiger partial charge in [-0.25, -0.2) is 4.79 Å². The van der Waals surface area contributed by atoms with E-state index in [1.54, 1.807) is 19.2 Å². The van der Waals surface area contributed by atoms with Crippen molar-refractivity contribution in [2.45, 2.75) is 27.3 Å². The lowest BCUT2D eigenvalue weighted by atomic mass is 10.1. The number of aryl methyl sites for hydroxylation is 3. The molecule has 2 aromatic rings. The van der Waals surface area contributed by atoms with Crippen LogP contribution in [0.15, 0.2) is 36.4 Å². The first-order valence-corrected chi connectivity index (χ1v) is 7.84. The molecule has 0 saturated heterocycles. The molecule has 3 amide bonds. The summed E-state index contributed by atoms with van der Waals surface area (Å²) in [4.78, 5) is 23.6. The first-order chi connectivity index (χ1) is 11.4. The molecule has 0 saturated carbocycles. The third-order valence-electron chi connectivity index (χ3n) is 3.81. The molecule has 2 rings (SSSR count). The fraction of sp³-hybridized carbons (Fsp3) is 0.263. The molecule has 5 nitrogen and oxygen atoms in total. The summed E-state index contributed by atoms with van der Waals surface area (Å²) in [6, 6.07) is 11.0. The van der Waals surface area contributed by atoms with Gasteiger partial charge in [0.15, 0.2) is 0 Å². The third kappa shape index (κ3) is 4.35. The SMILES string of the molecule is CNC(=O)c1ccc(CNC(=O)Nc2c(C)cc(C)cc2C)cc1. The number of hydrogen-bond donors (Lipinski definition) is 3. The lowest BCUT2D eigenvalue weighted by molar-refractivity contribution is 0.0963. The summed E-state index contributed by atoms with van der Waals surface area (Å²) in [5.41, 5.74) is 5.61. The van der Waals surface area contributed by atoms with Gasteiger partial charge in [-0.3, -0.25) is 4.79 Å². The number of hydrogen-bond acceptors (Lipinski definition) is 2. The largest absolute Gasteiger partial charge is 0.355 e. The average molecular weight is 325 g/mol. The Bertz CT molecular complexity index is 729. The van der Waals surface area contributed by atoms with Gasteiger partial charge in [-0.15, -0.1) is 0 Å². The van der Waals surface area contributed by atoms with E-state index in [1.807, 2.05) is 45.0 Å². The molecule has 0 aliphatic heterocycles. The number of urea groups is 1. The molecule has 0 atom stereocenters. The monoisotopic (exact) mass is 325 g/mol.